The van der Waals surface area contributed by atoms with E-state index in [1.165, 1.54) is 7.11 Å². The predicted octanol–water partition coefficient (Wildman–Crippen LogP) is 0.143. The van der Waals surface area contributed by atoms with Crippen LogP contribution in [-0.4, -0.2) is 18.1 Å². The molecule has 1 aromatic rings. The molecule has 1 aromatic carbocycles. The summed E-state index contributed by atoms with van der Waals surface area (Å²) in [6.45, 7) is 0. The van der Waals surface area contributed by atoms with E-state index >= 15 is 0 Å². The number of carbonyl (C=O) groups excluding carboxylic acids is 1. The number of benzene rings is 1. The molecule has 0 radical (unpaired) electrons. The van der Waals surface area contributed by atoms with E-state index in [1.54, 1.807) is 5.43 Å². The van der Waals surface area contributed by atoms with Gasteiger partial charge in [-0.1, -0.05) is 0 Å². The SMILES string of the molecule is COc1cc(C(=O)NN)c(F)cc1O. The number of nitrogen functional groups attached to an aromatic ring is 1. The molecule has 0 saturated carbocycles. The van der Waals surface area contributed by atoms with Gasteiger partial charge in [-0.05, 0) is 6.07 Å². The third kappa shape index (κ3) is 1.74. The Morgan fingerprint density at radius 2 is 2.29 bits per heavy atom. The van der Waals surface area contributed by atoms with E-state index in [0.29, 0.717) is 0 Å². The lowest BCUT2D eigenvalue weighted by molar-refractivity contribution is 0.0949. The molecule has 0 atom stereocenters. The van der Waals surface area contributed by atoms with Crippen molar-refractivity contribution < 1.29 is 19.0 Å². The van der Waals surface area contributed by atoms with Crippen LogP contribution < -0.4 is 16.0 Å². The van der Waals surface area contributed by atoms with Crippen LogP contribution in [0.15, 0.2) is 12.1 Å². The van der Waals surface area contributed by atoms with Gasteiger partial charge in [-0.3, -0.25) is 10.2 Å². The maximum Gasteiger partial charge on any atom is 0.268 e. The van der Waals surface area contributed by atoms with Gasteiger partial charge in [0.15, 0.2) is 11.5 Å². The number of hydrogen-bond acceptors (Lipinski definition) is 4. The van der Waals surface area contributed by atoms with Crippen molar-refractivity contribution in [1.82, 2.24) is 5.43 Å². The smallest absolute Gasteiger partial charge is 0.268 e. The van der Waals surface area contributed by atoms with Crippen molar-refractivity contribution in [2.75, 3.05) is 7.11 Å². The predicted molar refractivity (Wildman–Crippen MR) is 46.3 cm³/mol. The molecule has 0 aliphatic rings. The fraction of sp³-hybridized carbons (Fsp3) is 0.125. The summed E-state index contributed by atoms with van der Waals surface area (Å²) >= 11 is 0. The Morgan fingerprint density at radius 3 is 2.79 bits per heavy atom. The Morgan fingerprint density at radius 1 is 1.64 bits per heavy atom. The Hall–Kier alpha value is -1.82. The molecule has 0 heterocycles. The number of phenolic OH excluding ortho intramolecular Hbond substituents is 1. The monoisotopic (exact) mass is 200 g/mol. The summed E-state index contributed by atoms with van der Waals surface area (Å²) in [6.07, 6.45) is 0. The van der Waals surface area contributed by atoms with Gasteiger partial charge in [0.2, 0.25) is 0 Å². The van der Waals surface area contributed by atoms with Crippen LogP contribution in [0.3, 0.4) is 0 Å². The molecule has 0 saturated heterocycles. The number of nitrogens with two attached hydrogens (primary N) is 1. The zero-order valence-electron chi connectivity index (χ0n) is 7.37. The lowest BCUT2D eigenvalue weighted by atomic mass is 10.2. The fourth-order valence-corrected chi connectivity index (χ4v) is 0.958. The third-order valence-corrected chi connectivity index (χ3v) is 1.64. The first-order chi connectivity index (χ1) is 6.60. The van der Waals surface area contributed by atoms with Gasteiger partial charge in [0.25, 0.3) is 5.91 Å². The van der Waals surface area contributed by atoms with Gasteiger partial charge in [-0.15, -0.1) is 0 Å². The number of hydrogen-bond donors (Lipinski definition) is 3. The average Bonchev–Trinajstić information content (AvgIpc) is 2.17. The minimum Gasteiger partial charge on any atom is -0.504 e. The van der Waals surface area contributed by atoms with E-state index in [-0.39, 0.29) is 17.1 Å². The van der Waals surface area contributed by atoms with Crippen LogP contribution in [0, 0.1) is 5.82 Å². The van der Waals surface area contributed by atoms with Crippen molar-refractivity contribution >= 4 is 5.91 Å². The molecule has 76 valence electrons. The number of rotatable bonds is 2. The van der Waals surface area contributed by atoms with Crippen LogP contribution >= 0.6 is 0 Å². The first kappa shape index (κ1) is 10.3. The van der Waals surface area contributed by atoms with Crippen molar-refractivity contribution in [3.8, 4) is 11.5 Å². The van der Waals surface area contributed by atoms with Crippen LogP contribution in [0.1, 0.15) is 10.4 Å². The third-order valence-electron chi connectivity index (χ3n) is 1.64. The molecule has 0 unspecified atom stereocenters. The van der Waals surface area contributed by atoms with Gasteiger partial charge < -0.3 is 9.84 Å². The van der Waals surface area contributed by atoms with Gasteiger partial charge >= 0.3 is 0 Å². The van der Waals surface area contributed by atoms with Crippen molar-refractivity contribution in [3.63, 3.8) is 0 Å². The van der Waals surface area contributed by atoms with Crippen molar-refractivity contribution in [2.24, 2.45) is 5.84 Å². The quantitative estimate of drug-likeness (QED) is 0.360. The number of ether oxygens (including phenoxy) is 1. The molecule has 1 rings (SSSR count). The lowest BCUT2D eigenvalue weighted by Crippen LogP contribution is -2.30. The molecule has 0 aromatic heterocycles. The second-order valence-electron chi connectivity index (χ2n) is 2.48. The van der Waals surface area contributed by atoms with Gasteiger partial charge in [0.05, 0.1) is 12.7 Å². The molecule has 5 nitrogen and oxygen atoms in total. The van der Waals surface area contributed by atoms with E-state index in [1.807, 2.05) is 0 Å². The number of nitrogens with one attached hydrogen (secondary N) is 1. The summed E-state index contributed by atoms with van der Waals surface area (Å²) < 4.78 is 17.8. The molecule has 6 heteroatoms. The molecule has 0 spiro atoms. The van der Waals surface area contributed by atoms with E-state index in [9.17, 15) is 9.18 Å². The largest absolute Gasteiger partial charge is 0.504 e. The second-order valence-corrected chi connectivity index (χ2v) is 2.48. The highest BCUT2D eigenvalue weighted by Crippen LogP contribution is 2.28. The summed E-state index contributed by atoms with van der Waals surface area (Å²) in [5, 5.41) is 9.14. The number of methoxy groups -OCH3 is 1. The molecule has 0 bridgehead atoms. The molecule has 0 aliphatic heterocycles. The number of halogens is 1. The number of aromatic hydroxyl groups is 1. The van der Waals surface area contributed by atoms with Crippen LogP contribution in [0.25, 0.3) is 0 Å². The van der Waals surface area contributed by atoms with Crippen molar-refractivity contribution in [1.29, 1.82) is 0 Å². The Balaban J connectivity index is 3.24. The van der Waals surface area contributed by atoms with Crippen molar-refractivity contribution in [2.45, 2.75) is 0 Å². The molecule has 1 amide bonds. The normalized spacial score (nSPS) is 9.64. The molecule has 0 aliphatic carbocycles. The van der Waals surface area contributed by atoms with E-state index in [2.05, 4.69) is 0 Å². The number of phenols is 1. The standard InChI is InChI=1S/C8H9FN2O3/c1-14-7-2-4(8(13)11-10)5(9)3-6(7)12/h2-3,12H,10H2,1H3,(H,11,13). The maximum absolute atomic E-state index is 13.1. The average molecular weight is 200 g/mol. The van der Waals surface area contributed by atoms with Crippen molar-refractivity contribution in [3.05, 3.63) is 23.5 Å². The highest BCUT2D eigenvalue weighted by atomic mass is 19.1. The van der Waals surface area contributed by atoms with Crippen LogP contribution in [0.2, 0.25) is 0 Å². The van der Waals surface area contributed by atoms with Crippen LogP contribution in [-0.2, 0) is 0 Å². The van der Waals surface area contributed by atoms with Gasteiger partial charge in [-0.25, -0.2) is 10.2 Å². The zero-order chi connectivity index (χ0) is 10.7. The van der Waals surface area contributed by atoms with E-state index < -0.39 is 11.7 Å². The highest BCUT2D eigenvalue weighted by molar-refractivity contribution is 5.94. The molecule has 0 fully saturated rings. The summed E-state index contributed by atoms with van der Waals surface area (Å²) in [6, 6.07) is 1.84. The first-order valence-corrected chi connectivity index (χ1v) is 3.67. The number of amides is 1. The zero-order valence-corrected chi connectivity index (χ0v) is 7.37. The Labute approximate surface area is 79.3 Å². The topological polar surface area (TPSA) is 84.6 Å². The highest BCUT2D eigenvalue weighted by Gasteiger charge is 2.14. The second kappa shape index (κ2) is 3.93. The van der Waals surface area contributed by atoms with E-state index in [4.69, 9.17) is 15.7 Å². The molecular weight excluding hydrogens is 191 g/mol. The maximum atomic E-state index is 13.1. The van der Waals surface area contributed by atoms with Gasteiger partial charge in [0.1, 0.15) is 5.82 Å². The molecule has 4 N–H and O–H groups in total. The number of hydrazine groups is 1. The summed E-state index contributed by atoms with van der Waals surface area (Å²) in [5.74, 6) is 2.80. The molecule has 14 heavy (non-hydrogen) atoms. The summed E-state index contributed by atoms with van der Waals surface area (Å²) in [5.41, 5.74) is 1.49. The summed E-state index contributed by atoms with van der Waals surface area (Å²) in [7, 11) is 1.29. The lowest BCUT2D eigenvalue weighted by Gasteiger charge is -2.06. The minimum absolute atomic E-state index is 0.00463. The van der Waals surface area contributed by atoms with E-state index in [0.717, 1.165) is 12.1 Å². The fourth-order valence-electron chi connectivity index (χ4n) is 0.958. The van der Waals surface area contributed by atoms with Gasteiger partial charge in [0, 0.05) is 6.07 Å². The van der Waals surface area contributed by atoms with Gasteiger partial charge in [-0.2, -0.15) is 0 Å². The first-order valence-electron chi connectivity index (χ1n) is 3.67. The minimum atomic E-state index is -0.869. The Kier molecular flexibility index (Phi) is 2.88. The van der Waals surface area contributed by atoms with Crippen LogP contribution in [0.4, 0.5) is 4.39 Å². The Bertz CT molecular complexity index is 368. The molecular formula is C8H9FN2O3. The number of carbonyl (C=O) groups is 1. The summed E-state index contributed by atoms with van der Waals surface area (Å²) in [4.78, 5) is 11.0. The van der Waals surface area contributed by atoms with Crippen LogP contribution in [0.5, 0.6) is 11.5 Å².